The van der Waals surface area contributed by atoms with E-state index in [0.717, 1.165) is 26.8 Å². The second-order valence-electron chi connectivity index (χ2n) is 6.93. The number of nitrogens with zero attached hydrogens (tertiary/aromatic N) is 1. The van der Waals surface area contributed by atoms with Crippen LogP contribution >= 0.6 is 0 Å². The number of pyridine rings is 1. The van der Waals surface area contributed by atoms with Crippen LogP contribution in [-0.4, -0.2) is 45.8 Å². The van der Waals surface area contributed by atoms with E-state index in [4.69, 9.17) is 19.8 Å². The van der Waals surface area contributed by atoms with Crippen molar-refractivity contribution in [3.63, 3.8) is 0 Å². The maximum Gasteiger partial charge on any atom is 0.300 e. The molecule has 0 aliphatic heterocycles. The third kappa shape index (κ3) is 10.4. The fraction of sp³-hybridized carbons (Fsp3) is 0.240. The number of benzene rings is 2. The molecular formula is C25H30N2O5. The van der Waals surface area contributed by atoms with Crippen molar-refractivity contribution in [2.24, 2.45) is 0 Å². The van der Waals surface area contributed by atoms with Crippen LogP contribution in [-0.2, 0) is 9.59 Å². The van der Waals surface area contributed by atoms with E-state index >= 15 is 0 Å². The van der Waals surface area contributed by atoms with Gasteiger partial charge >= 0.3 is 0 Å². The largest absolute Gasteiger partial charge is 0.508 e. The number of aromatic hydroxyl groups is 1. The molecule has 1 aromatic heterocycles. The molecule has 32 heavy (non-hydrogen) atoms. The van der Waals surface area contributed by atoms with Gasteiger partial charge in [-0.25, -0.2) is 0 Å². The summed E-state index contributed by atoms with van der Waals surface area (Å²) in [5.41, 5.74) is 4.88. The van der Waals surface area contributed by atoms with Gasteiger partial charge in [-0.1, -0.05) is 36.4 Å². The summed E-state index contributed by atoms with van der Waals surface area (Å²) in [6.45, 7) is 3.11. The standard InChI is InChI=1S/C21H22N2O.2C2H4O2/c1-22-13-12-21(19-6-8-20(24)9-7-19)18-4-2-16(3-5-18)17-10-14-23-15-11-17;2*1-2(3)4/h2-11,14-15,21-22,24H,12-13H2,1H3;2*1H3,(H,3,4). The molecule has 0 amide bonds. The number of phenolic OH excluding ortho intramolecular Hbond substituents is 1. The zero-order chi connectivity index (χ0) is 23.9. The molecule has 1 unspecified atom stereocenters. The van der Waals surface area contributed by atoms with E-state index in [1.807, 2.05) is 43.7 Å². The van der Waals surface area contributed by atoms with Gasteiger partial charge in [0.15, 0.2) is 0 Å². The number of nitrogens with one attached hydrogen (secondary N) is 1. The molecule has 7 nitrogen and oxygen atoms in total. The zero-order valence-electron chi connectivity index (χ0n) is 18.5. The lowest BCUT2D eigenvalue weighted by molar-refractivity contribution is -0.135. The predicted molar refractivity (Wildman–Crippen MR) is 125 cm³/mol. The van der Waals surface area contributed by atoms with Gasteiger partial charge in [0, 0.05) is 32.2 Å². The highest BCUT2D eigenvalue weighted by Crippen LogP contribution is 2.30. The number of hydrogen-bond acceptors (Lipinski definition) is 5. The van der Waals surface area contributed by atoms with Gasteiger partial charge in [0.25, 0.3) is 11.9 Å². The second kappa shape index (κ2) is 14.3. The first kappa shape index (κ1) is 26.3. The Balaban J connectivity index is 0.000000554. The number of phenols is 1. The minimum atomic E-state index is -0.833. The maximum absolute atomic E-state index is 9.53. The topological polar surface area (TPSA) is 120 Å². The summed E-state index contributed by atoms with van der Waals surface area (Å²) >= 11 is 0. The molecule has 0 aliphatic rings. The van der Waals surface area contributed by atoms with E-state index in [0.29, 0.717) is 11.7 Å². The Morgan fingerprint density at radius 2 is 1.22 bits per heavy atom. The van der Waals surface area contributed by atoms with Gasteiger partial charge in [0.2, 0.25) is 0 Å². The molecule has 0 spiro atoms. The molecule has 0 saturated carbocycles. The molecule has 7 heteroatoms. The van der Waals surface area contributed by atoms with E-state index in [1.165, 1.54) is 22.3 Å². The van der Waals surface area contributed by atoms with Crippen LogP contribution in [0.4, 0.5) is 0 Å². The lowest BCUT2D eigenvalue weighted by atomic mass is 9.87. The summed E-state index contributed by atoms with van der Waals surface area (Å²) in [5.74, 6) is -1.05. The number of aliphatic carboxylic acids is 2. The molecule has 0 fully saturated rings. The highest BCUT2D eigenvalue weighted by Gasteiger charge is 2.14. The molecule has 1 heterocycles. The Labute approximate surface area is 188 Å². The predicted octanol–water partition coefficient (Wildman–Crippen LogP) is 4.38. The van der Waals surface area contributed by atoms with Crippen LogP contribution in [0.1, 0.15) is 37.3 Å². The molecule has 170 valence electrons. The first-order valence-corrected chi connectivity index (χ1v) is 10.1. The maximum atomic E-state index is 9.53. The van der Waals surface area contributed by atoms with Crippen LogP contribution in [0.5, 0.6) is 5.75 Å². The van der Waals surface area contributed by atoms with Gasteiger partial charge in [0.1, 0.15) is 5.75 Å². The van der Waals surface area contributed by atoms with Gasteiger partial charge in [-0.3, -0.25) is 14.6 Å². The summed E-state index contributed by atoms with van der Waals surface area (Å²) in [6, 6.07) is 20.3. The summed E-state index contributed by atoms with van der Waals surface area (Å²) in [7, 11) is 1.97. The number of aromatic nitrogens is 1. The minimum absolute atomic E-state index is 0.305. The molecule has 3 aromatic rings. The Bertz CT molecular complexity index is 922. The van der Waals surface area contributed by atoms with Crippen LogP contribution in [0.2, 0.25) is 0 Å². The van der Waals surface area contributed by atoms with Crippen molar-refractivity contribution in [1.29, 1.82) is 0 Å². The third-order valence-corrected chi connectivity index (χ3v) is 4.31. The van der Waals surface area contributed by atoms with Gasteiger partial charge < -0.3 is 20.6 Å². The van der Waals surface area contributed by atoms with Crippen molar-refractivity contribution in [2.45, 2.75) is 26.2 Å². The quantitative estimate of drug-likeness (QED) is 0.451. The first-order chi connectivity index (χ1) is 15.2. The van der Waals surface area contributed by atoms with Crippen LogP contribution in [0.15, 0.2) is 73.1 Å². The molecule has 0 aliphatic carbocycles. The molecule has 0 saturated heterocycles. The Kier molecular flexibility index (Phi) is 11.8. The van der Waals surface area contributed by atoms with Crippen molar-refractivity contribution in [3.8, 4) is 16.9 Å². The molecular weight excluding hydrogens is 408 g/mol. The molecule has 2 aromatic carbocycles. The lowest BCUT2D eigenvalue weighted by Gasteiger charge is -2.18. The number of rotatable bonds is 6. The highest BCUT2D eigenvalue weighted by molar-refractivity contribution is 5.63. The Morgan fingerprint density at radius 1 is 0.812 bits per heavy atom. The summed E-state index contributed by atoms with van der Waals surface area (Å²) in [5, 5.41) is 27.6. The summed E-state index contributed by atoms with van der Waals surface area (Å²) in [6.07, 6.45) is 4.64. The lowest BCUT2D eigenvalue weighted by Crippen LogP contribution is -2.13. The van der Waals surface area contributed by atoms with Crippen molar-refractivity contribution < 1.29 is 24.9 Å². The van der Waals surface area contributed by atoms with Crippen molar-refractivity contribution >= 4 is 11.9 Å². The Hall–Kier alpha value is -3.71. The van der Waals surface area contributed by atoms with Gasteiger partial charge in [-0.15, -0.1) is 0 Å². The Morgan fingerprint density at radius 3 is 1.66 bits per heavy atom. The number of carbonyl (C=O) groups is 2. The summed E-state index contributed by atoms with van der Waals surface area (Å²) in [4.78, 5) is 22.1. The van der Waals surface area contributed by atoms with E-state index in [1.54, 1.807) is 12.1 Å². The van der Waals surface area contributed by atoms with E-state index < -0.39 is 11.9 Å². The second-order valence-corrected chi connectivity index (χ2v) is 6.93. The highest BCUT2D eigenvalue weighted by atomic mass is 16.4. The average Bonchev–Trinajstić information content (AvgIpc) is 2.75. The van der Waals surface area contributed by atoms with Crippen LogP contribution in [0.25, 0.3) is 11.1 Å². The fourth-order valence-electron chi connectivity index (χ4n) is 2.97. The number of hydrogen-bond donors (Lipinski definition) is 4. The SMILES string of the molecule is CC(=O)O.CC(=O)O.CNCCC(c1ccc(O)cc1)c1ccc(-c2ccncc2)cc1. The first-order valence-electron chi connectivity index (χ1n) is 10.1. The van der Waals surface area contributed by atoms with Crippen LogP contribution < -0.4 is 5.32 Å². The van der Waals surface area contributed by atoms with Crippen molar-refractivity contribution in [2.75, 3.05) is 13.6 Å². The van der Waals surface area contributed by atoms with Gasteiger partial charge in [-0.05, 0) is 66.5 Å². The van der Waals surface area contributed by atoms with Crippen molar-refractivity contribution in [3.05, 3.63) is 84.2 Å². The number of carboxylic acids is 2. The van der Waals surface area contributed by atoms with Crippen LogP contribution in [0.3, 0.4) is 0 Å². The van der Waals surface area contributed by atoms with Gasteiger partial charge in [0.05, 0.1) is 0 Å². The third-order valence-electron chi connectivity index (χ3n) is 4.31. The van der Waals surface area contributed by atoms with Crippen LogP contribution in [0, 0.1) is 0 Å². The monoisotopic (exact) mass is 438 g/mol. The average molecular weight is 439 g/mol. The zero-order valence-corrected chi connectivity index (χ0v) is 18.5. The molecule has 4 N–H and O–H groups in total. The molecule has 0 bridgehead atoms. The molecule has 0 radical (unpaired) electrons. The van der Waals surface area contributed by atoms with Crippen molar-refractivity contribution in [1.82, 2.24) is 10.3 Å². The van der Waals surface area contributed by atoms with E-state index in [2.05, 4.69) is 34.6 Å². The minimum Gasteiger partial charge on any atom is -0.508 e. The van der Waals surface area contributed by atoms with E-state index in [-0.39, 0.29) is 0 Å². The number of carboxylic acid groups (broad SMARTS) is 2. The molecule has 1 atom stereocenters. The smallest absolute Gasteiger partial charge is 0.300 e. The normalized spacial score (nSPS) is 10.6. The fourth-order valence-corrected chi connectivity index (χ4v) is 2.97. The summed E-state index contributed by atoms with van der Waals surface area (Å²) < 4.78 is 0. The molecule has 3 rings (SSSR count). The van der Waals surface area contributed by atoms with Gasteiger partial charge in [-0.2, -0.15) is 0 Å². The van der Waals surface area contributed by atoms with E-state index in [9.17, 15) is 5.11 Å².